The molecule has 0 saturated heterocycles. The van der Waals surface area contributed by atoms with Crippen molar-refractivity contribution in [2.45, 2.75) is 6.92 Å². The Labute approximate surface area is 332 Å². The van der Waals surface area contributed by atoms with Crippen LogP contribution in [0.3, 0.4) is 0 Å². The first-order chi connectivity index (χ1) is 36.4. The summed E-state index contributed by atoms with van der Waals surface area (Å²) in [6.45, 7) is 1.29. The highest BCUT2D eigenvalue weighted by Crippen LogP contribution is 2.40. The number of hydrogen-bond acceptors (Lipinski definition) is 4. The SMILES string of the molecule is [2H]c1c([2H])c([2H])c(-c2nc(-c3c([2H])c([2H])c([2H])c([2H])c3[2H])nc(-c3c([2H])c([2H])c4c5c([2H])c([2H])c([2H])c([2H])c5n(-c5c([2H])c([2H])c([2H])c6oc7c([2H])c([2H])c(-c8c([2H])c([2H])c([2H])c(C)c8[2H])c([2H])c7c56)c4c3[2H])n2)c([2H])c1[2H]. The maximum Gasteiger partial charge on any atom is 0.164 e. The van der Waals surface area contributed by atoms with E-state index in [0.29, 0.717) is 0 Å². The predicted molar refractivity (Wildman–Crippen MR) is 208 cm³/mol. The summed E-state index contributed by atoms with van der Waals surface area (Å²) in [4.78, 5) is 12.9. The zero-order valence-corrected chi connectivity index (χ0v) is 25.7. The van der Waals surface area contributed by atoms with Crippen LogP contribution in [-0.2, 0) is 0 Å². The Kier molecular flexibility index (Phi) is 2.92. The highest BCUT2D eigenvalue weighted by molar-refractivity contribution is 6.15. The van der Waals surface area contributed by atoms with E-state index >= 15 is 0 Å². The molecule has 0 fully saturated rings. The Morgan fingerprint density at radius 2 is 1.06 bits per heavy atom. The van der Waals surface area contributed by atoms with Crippen LogP contribution in [0.25, 0.3) is 94.7 Å². The zero-order chi connectivity index (χ0) is 57.4. The standard InChI is InChI=1S/C46H30N4O/c1-29-12-10-17-32(26-29)33-23-25-41-37(27-33)43-39(20-11-21-42(43)51-41)50-38-19-9-8-18-35(38)36-24-22-34(28-40(36)50)46-48-44(30-13-4-2-5-14-30)47-45(49-46)31-15-6-3-7-16-31/h2-28H,1H3/i2D,3D,4D,5D,6D,7D,8D,9D,10D,11D,12D,13D,14D,15D,16D,17D,18D,19D,20D,21D,22D,23D,24D,25D,26D,27D,28D. The van der Waals surface area contributed by atoms with Crippen LogP contribution in [0.4, 0.5) is 0 Å². The van der Waals surface area contributed by atoms with Gasteiger partial charge in [-0.05, 0) is 54.3 Å². The fraction of sp³-hybridized carbons (Fsp3) is 0.0217. The molecular weight excluding hydrogens is 625 g/mol. The van der Waals surface area contributed by atoms with Gasteiger partial charge >= 0.3 is 0 Å². The molecule has 3 aromatic heterocycles. The summed E-state index contributed by atoms with van der Waals surface area (Å²) in [5.41, 5.74) is -6.91. The highest BCUT2D eigenvalue weighted by Gasteiger charge is 2.20. The molecule has 51 heavy (non-hydrogen) atoms. The second-order valence-electron chi connectivity index (χ2n) is 10.8. The van der Waals surface area contributed by atoms with E-state index in [2.05, 4.69) is 15.0 Å². The first kappa shape index (κ1) is 12.8. The maximum atomic E-state index is 10.1. The van der Waals surface area contributed by atoms with E-state index in [1.165, 1.54) is 6.92 Å². The highest BCUT2D eigenvalue weighted by atomic mass is 16.3. The molecule has 240 valence electrons. The summed E-state index contributed by atoms with van der Waals surface area (Å²) in [7, 11) is 0. The minimum absolute atomic E-state index is 0.132. The molecule has 0 aliphatic carbocycles. The predicted octanol–water partition coefficient (Wildman–Crippen LogP) is 11.8. The van der Waals surface area contributed by atoms with Gasteiger partial charge in [0.1, 0.15) is 11.2 Å². The Hall–Kier alpha value is -6.85. The van der Waals surface area contributed by atoms with Crippen molar-refractivity contribution < 1.29 is 41.4 Å². The molecule has 0 radical (unpaired) electrons. The molecule has 0 atom stereocenters. The van der Waals surface area contributed by atoms with Gasteiger partial charge in [0, 0.05) is 32.8 Å². The Morgan fingerprint density at radius 1 is 0.451 bits per heavy atom. The molecule has 10 rings (SSSR count). The third-order valence-corrected chi connectivity index (χ3v) is 7.74. The molecule has 10 aromatic rings. The normalized spacial score (nSPS) is 19.0. The molecule has 0 unspecified atom stereocenters. The van der Waals surface area contributed by atoms with Crippen molar-refractivity contribution in [1.82, 2.24) is 19.5 Å². The smallest absolute Gasteiger partial charge is 0.164 e. The number of nitrogens with zero attached hydrogens (tertiary/aromatic N) is 4. The molecule has 7 aromatic carbocycles. The van der Waals surface area contributed by atoms with Gasteiger partial charge < -0.3 is 8.98 Å². The van der Waals surface area contributed by atoms with E-state index in [1.807, 2.05) is 0 Å². The van der Waals surface area contributed by atoms with E-state index in [1.54, 1.807) is 0 Å². The summed E-state index contributed by atoms with van der Waals surface area (Å²) in [5, 5.41) is -2.23. The second kappa shape index (κ2) is 11.6. The van der Waals surface area contributed by atoms with Crippen molar-refractivity contribution in [2.24, 2.45) is 0 Å². The molecular formula is C46H30N4O. The molecule has 0 N–H and O–H groups in total. The molecule has 0 spiro atoms. The number of fused-ring (bicyclic) bond motifs is 6. The van der Waals surface area contributed by atoms with Crippen LogP contribution >= 0.6 is 0 Å². The van der Waals surface area contributed by atoms with Gasteiger partial charge in [-0.2, -0.15) is 0 Å². The van der Waals surface area contributed by atoms with E-state index in [9.17, 15) is 9.60 Å². The second-order valence-corrected chi connectivity index (χ2v) is 10.8. The van der Waals surface area contributed by atoms with Gasteiger partial charge in [-0.1, -0.05) is 132 Å². The summed E-state index contributed by atoms with van der Waals surface area (Å²) in [6.07, 6.45) is 0. The zero-order valence-electron chi connectivity index (χ0n) is 52.7. The minimum Gasteiger partial charge on any atom is -0.456 e. The third-order valence-electron chi connectivity index (χ3n) is 7.74. The lowest BCUT2D eigenvalue weighted by Crippen LogP contribution is -2.00. The maximum absolute atomic E-state index is 10.1. The summed E-state index contributed by atoms with van der Waals surface area (Å²) in [6, 6.07) is -23.1. The van der Waals surface area contributed by atoms with E-state index in [4.69, 9.17) is 31.8 Å². The Balaban J connectivity index is 1.45. The van der Waals surface area contributed by atoms with Crippen molar-refractivity contribution in [3.05, 3.63) is 169 Å². The number of benzene rings is 7. The monoisotopic (exact) mass is 681 g/mol. The molecule has 0 amide bonds. The quantitative estimate of drug-likeness (QED) is 0.181. The molecule has 0 saturated carbocycles. The largest absolute Gasteiger partial charge is 0.456 e. The number of aromatic nitrogens is 4. The van der Waals surface area contributed by atoms with Gasteiger partial charge in [-0.25, -0.2) is 15.0 Å². The first-order valence-electron chi connectivity index (χ1n) is 28.4. The van der Waals surface area contributed by atoms with E-state index in [0.717, 1.165) is 4.57 Å². The summed E-state index contributed by atoms with van der Waals surface area (Å²) >= 11 is 0. The van der Waals surface area contributed by atoms with Gasteiger partial charge in [-0.3, -0.25) is 0 Å². The van der Waals surface area contributed by atoms with E-state index in [-0.39, 0.29) is 5.56 Å². The molecule has 5 heteroatoms. The van der Waals surface area contributed by atoms with Crippen molar-refractivity contribution in [3.63, 3.8) is 0 Å². The Morgan fingerprint density at radius 3 is 1.82 bits per heavy atom. The minimum atomic E-state index is -0.989. The first-order valence-corrected chi connectivity index (χ1v) is 14.9. The van der Waals surface area contributed by atoms with Crippen molar-refractivity contribution >= 4 is 43.7 Å². The fourth-order valence-corrected chi connectivity index (χ4v) is 5.57. The number of furan rings is 1. The number of hydrogen-bond donors (Lipinski definition) is 0. The van der Waals surface area contributed by atoms with Gasteiger partial charge in [0.05, 0.1) is 59.1 Å². The van der Waals surface area contributed by atoms with Crippen LogP contribution in [0, 0.1) is 6.92 Å². The van der Waals surface area contributed by atoms with Crippen LogP contribution in [0.1, 0.15) is 42.6 Å². The molecule has 5 nitrogen and oxygen atoms in total. The lowest BCUT2D eigenvalue weighted by Gasteiger charge is -2.11. The van der Waals surface area contributed by atoms with Gasteiger partial charge in [0.25, 0.3) is 0 Å². The average molecular weight is 682 g/mol. The summed E-state index contributed by atoms with van der Waals surface area (Å²) in [5.74, 6) is -2.54. The van der Waals surface area contributed by atoms with Crippen molar-refractivity contribution in [1.29, 1.82) is 0 Å². The number of para-hydroxylation sites is 1. The molecule has 0 aliphatic rings. The van der Waals surface area contributed by atoms with E-state index < -0.39 is 258 Å². The van der Waals surface area contributed by atoms with Crippen LogP contribution in [0.2, 0.25) is 0 Å². The molecule has 0 bridgehead atoms. The average Bonchev–Trinajstić information content (AvgIpc) is 4.14. The van der Waals surface area contributed by atoms with Gasteiger partial charge in [0.2, 0.25) is 0 Å². The third kappa shape index (κ3) is 4.90. The fourth-order valence-electron chi connectivity index (χ4n) is 5.57. The molecule has 3 heterocycles. The van der Waals surface area contributed by atoms with Gasteiger partial charge in [0.15, 0.2) is 17.5 Å². The topological polar surface area (TPSA) is 56.7 Å². The van der Waals surface area contributed by atoms with Crippen LogP contribution < -0.4 is 0 Å². The molecule has 0 aliphatic heterocycles. The van der Waals surface area contributed by atoms with Crippen molar-refractivity contribution in [3.8, 4) is 51.0 Å². The van der Waals surface area contributed by atoms with Crippen LogP contribution in [0.15, 0.2) is 168 Å². The number of rotatable bonds is 5. The van der Waals surface area contributed by atoms with Gasteiger partial charge in [-0.15, -0.1) is 0 Å². The Bertz CT molecular complexity index is 4320. The lowest BCUT2D eigenvalue weighted by molar-refractivity contribution is 0.669. The lowest BCUT2D eigenvalue weighted by atomic mass is 10.0. The van der Waals surface area contributed by atoms with Crippen LogP contribution in [0.5, 0.6) is 0 Å². The van der Waals surface area contributed by atoms with Crippen molar-refractivity contribution in [2.75, 3.05) is 0 Å². The van der Waals surface area contributed by atoms with Crippen LogP contribution in [-0.4, -0.2) is 19.5 Å². The summed E-state index contributed by atoms with van der Waals surface area (Å²) < 4.78 is 247.